The number of ether oxygens (including phenoxy) is 1. The van der Waals surface area contributed by atoms with Gasteiger partial charge in [-0.25, -0.2) is 0 Å². The van der Waals surface area contributed by atoms with Crippen LogP contribution in [0.3, 0.4) is 0 Å². The molecule has 4 rings (SSSR count). The van der Waals surface area contributed by atoms with E-state index < -0.39 is 0 Å². The van der Waals surface area contributed by atoms with Crippen LogP contribution in [0.1, 0.15) is 22.0 Å². The van der Waals surface area contributed by atoms with Crippen molar-refractivity contribution in [3.05, 3.63) is 89.0 Å². The highest BCUT2D eigenvalue weighted by atomic mass is 35.5. The first-order chi connectivity index (χ1) is 13.2. The number of hydrogen-bond acceptors (Lipinski definition) is 3. The molecule has 0 atom stereocenters. The molecule has 0 aliphatic heterocycles. The number of carbonyl (C=O) groups is 1. The maximum absolute atomic E-state index is 12.3. The fourth-order valence-electron chi connectivity index (χ4n) is 2.78. The van der Waals surface area contributed by atoms with E-state index in [4.69, 9.17) is 20.8 Å². The summed E-state index contributed by atoms with van der Waals surface area (Å²) in [6, 6.07) is 20.5. The van der Waals surface area contributed by atoms with Gasteiger partial charge in [-0.3, -0.25) is 4.79 Å². The van der Waals surface area contributed by atoms with Gasteiger partial charge in [-0.1, -0.05) is 41.9 Å². The van der Waals surface area contributed by atoms with Gasteiger partial charge in [0.25, 0.3) is 5.91 Å². The lowest BCUT2D eigenvalue weighted by molar-refractivity contribution is 0.0918. The van der Waals surface area contributed by atoms with Crippen molar-refractivity contribution in [3.8, 4) is 5.75 Å². The summed E-state index contributed by atoms with van der Waals surface area (Å²) in [6.07, 6.45) is 0. The highest BCUT2D eigenvalue weighted by Gasteiger charge is 2.12. The molecule has 5 nitrogen and oxygen atoms in total. The van der Waals surface area contributed by atoms with Crippen LogP contribution in [0.5, 0.6) is 5.75 Å². The van der Waals surface area contributed by atoms with Gasteiger partial charge in [0.05, 0.1) is 11.6 Å². The first kappa shape index (κ1) is 17.2. The zero-order chi connectivity index (χ0) is 18.6. The van der Waals surface area contributed by atoms with E-state index in [2.05, 4.69) is 10.3 Å². The minimum absolute atomic E-state index is 0.193. The Balaban J connectivity index is 1.34. The van der Waals surface area contributed by atoms with Crippen LogP contribution in [-0.4, -0.2) is 10.9 Å². The number of carbonyl (C=O) groups excluding carboxylic acids is 1. The number of H-pyrrole nitrogens is 1. The van der Waals surface area contributed by atoms with E-state index in [1.165, 1.54) is 0 Å². The lowest BCUT2D eigenvalue weighted by atomic mass is 10.2. The maximum atomic E-state index is 12.3. The number of aromatic nitrogens is 1. The number of fused-ring (bicyclic) bond motifs is 1. The molecule has 6 heteroatoms. The minimum Gasteiger partial charge on any atom is -0.484 e. The van der Waals surface area contributed by atoms with Crippen LogP contribution in [0.15, 0.2) is 71.1 Å². The first-order valence-corrected chi connectivity index (χ1v) is 8.88. The van der Waals surface area contributed by atoms with Gasteiger partial charge in [0.2, 0.25) is 0 Å². The van der Waals surface area contributed by atoms with E-state index in [0.717, 1.165) is 16.6 Å². The maximum Gasteiger partial charge on any atom is 0.287 e. The third-order valence-electron chi connectivity index (χ3n) is 4.12. The summed E-state index contributed by atoms with van der Waals surface area (Å²) >= 11 is 6.05. The van der Waals surface area contributed by atoms with E-state index in [1.54, 1.807) is 24.3 Å². The molecule has 2 aromatic carbocycles. The van der Waals surface area contributed by atoms with Gasteiger partial charge in [0.1, 0.15) is 18.1 Å². The molecule has 2 heterocycles. The first-order valence-electron chi connectivity index (χ1n) is 8.50. The van der Waals surface area contributed by atoms with E-state index in [-0.39, 0.29) is 18.3 Å². The lowest BCUT2D eigenvalue weighted by Gasteiger charge is -2.05. The molecule has 27 heavy (non-hydrogen) atoms. The molecule has 4 aromatic rings. The van der Waals surface area contributed by atoms with Gasteiger partial charge in [0, 0.05) is 11.2 Å². The van der Waals surface area contributed by atoms with Crippen molar-refractivity contribution in [1.29, 1.82) is 0 Å². The van der Waals surface area contributed by atoms with Crippen LogP contribution in [0.2, 0.25) is 5.02 Å². The molecular weight excluding hydrogens is 364 g/mol. The van der Waals surface area contributed by atoms with Crippen LogP contribution < -0.4 is 10.1 Å². The molecule has 1 amide bonds. The van der Waals surface area contributed by atoms with E-state index in [0.29, 0.717) is 23.1 Å². The fourth-order valence-corrected chi connectivity index (χ4v) is 2.97. The normalized spacial score (nSPS) is 10.9. The second-order valence-corrected chi connectivity index (χ2v) is 6.46. The number of hydrogen-bond donors (Lipinski definition) is 2. The molecule has 0 spiro atoms. The second kappa shape index (κ2) is 7.60. The molecular formula is C21H17ClN2O3. The highest BCUT2D eigenvalue weighted by Crippen LogP contribution is 2.24. The van der Waals surface area contributed by atoms with Crippen molar-refractivity contribution >= 4 is 28.4 Å². The molecule has 0 aliphatic carbocycles. The van der Waals surface area contributed by atoms with Crippen molar-refractivity contribution in [2.75, 3.05) is 0 Å². The van der Waals surface area contributed by atoms with Crippen LogP contribution >= 0.6 is 11.6 Å². The molecule has 0 saturated heterocycles. The SMILES string of the molecule is O=C(NCc1cc2ccccc2[nH]1)c1ccc(COc2ccccc2Cl)o1. The van der Waals surface area contributed by atoms with Crippen LogP contribution in [0, 0.1) is 0 Å². The Morgan fingerprint density at radius 1 is 1.07 bits per heavy atom. The molecule has 0 aliphatic rings. The Bertz CT molecular complexity index is 1050. The quantitative estimate of drug-likeness (QED) is 0.498. The Hall–Kier alpha value is -3.18. The molecule has 2 aromatic heterocycles. The van der Waals surface area contributed by atoms with Crippen molar-refractivity contribution in [2.24, 2.45) is 0 Å². The van der Waals surface area contributed by atoms with E-state index in [1.807, 2.05) is 42.5 Å². The largest absolute Gasteiger partial charge is 0.484 e. The van der Waals surface area contributed by atoms with Gasteiger partial charge in [-0.15, -0.1) is 0 Å². The monoisotopic (exact) mass is 380 g/mol. The van der Waals surface area contributed by atoms with Crippen molar-refractivity contribution in [1.82, 2.24) is 10.3 Å². The van der Waals surface area contributed by atoms with E-state index >= 15 is 0 Å². The number of furan rings is 1. The van der Waals surface area contributed by atoms with Gasteiger partial charge < -0.3 is 19.5 Å². The molecule has 0 saturated carbocycles. The Kier molecular flexibility index (Phi) is 4.85. The van der Waals surface area contributed by atoms with Gasteiger partial charge >= 0.3 is 0 Å². The van der Waals surface area contributed by atoms with Crippen molar-refractivity contribution in [2.45, 2.75) is 13.2 Å². The predicted octanol–water partition coefficient (Wildman–Crippen LogP) is 4.92. The fraction of sp³-hybridized carbons (Fsp3) is 0.0952. The standard InChI is InChI=1S/C21H17ClN2O3/c22-17-6-2-4-8-19(17)26-13-16-9-10-20(27-16)21(25)23-12-15-11-14-5-1-3-7-18(14)24-15/h1-11,24H,12-13H2,(H,23,25). The molecule has 0 unspecified atom stereocenters. The zero-order valence-corrected chi connectivity index (χ0v) is 15.1. The van der Waals surface area contributed by atoms with Crippen LogP contribution in [0.4, 0.5) is 0 Å². The summed E-state index contributed by atoms with van der Waals surface area (Å²) in [5.74, 6) is 1.08. The molecule has 0 fully saturated rings. The zero-order valence-electron chi connectivity index (χ0n) is 14.4. The Morgan fingerprint density at radius 2 is 1.89 bits per heavy atom. The smallest absolute Gasteiger partial charge is 0.287 e. The topological polar surface area (TPSA) is 67.3 Å². The summed E-state index contributed by atoms with van der Waals surface area (Å²) in [5.41, 5.74) is 1.97. The highest BCUT2D eigenvalue weighted by molar-refractivity contribution is 6.32. The minimum atomic E-state index is -0.280. The summed E-state index contributed by atoms with van der Waals surface area (Å²) < 4.78 is 11.2. The third kappa shape index (κ3) is 3.99. The molecule has 136 valence electrons. The van der Waals surface area contributed by atoms with Gasteiger partial charge in [-0.2, -0.15) is 0 Å². The average Bonchev–Trinajstić information content (AvgIpc) is 3.32. The summed E-state index contributed by atoms with van der Waals surface area (Å²) in [5, 5.41) is 4.48. The van der Waals surface area contributed by atoms with Gasteiger partial charge in [-0.05, 0) is 41.8 Å². The van der Waals surface area contributed by atoms with Crippen LogP contribution in [-0.2, 0) is 13.2 Å². The van der Waals surface area contributed by atoms with Gasteiger partial charge in [0.15, 0.2) is 5.76 Å². The number of nitrogens with one attached hydrogen (secondary N) is 2. The number of benzene rings is 2. The van der Waals surface area contributed by atoms with Crippen molar-refractivity contribution in [3.63, 3.8) is 0 Å². The lowest BCUT2D eigenvalue weighted by Crippen LogP contribution is -2.22. The number of para-hydroxylation sites is 2. The average molecular weight is 381 g/mol. The summed E-state index contributed by atoms with van der Waals surface area (Å²) in [6.45, 7) is 0.582. The van der Waals surface area contributed by atoms with Crippen LogP contribution in [0.25, 0.3) is 10.9 Å². The Labute approximate surface area is 160 Å². The number of aromatic amines is 1. The predicted molar refractivity (Wildman–Crippen MR) is 104 cm³/mol. The Morgan fingerprint density at radius 3 is 2.74 bits per heavy atom. The number of halogens is 1. The van der Waals surface area contributed by atoms with Crippen molar-refractivity contribution < 1.29 is 13.9 Å². The summed E-state index contributed by atoms with van der Waals surface area (Å²) in [4.78, 5) is 15.6. The molecule has 2 N–H and O–H groups in total. The molecule has 0 radical (unpaired) electrons. The summed E-state index contributed by atoms with van der Waals surface area (Å²) in [7, 11) is 0. The third-order valence-corrected chi connectivity index (χ3v) is 4.43. The number of amides is 1. The molecule has 0 bridgehead atoms. The second-order valence-electron chi connectivity index (χ2n) is 6.05. The van der Waals surface area contributed by atoms with E-state index in [9.17, 15) is 4.79 Å². The number of rotatable bonds is 6.